The predicted molar refractivity (Wildman–Crippen MR) is 110 cm³/mol. The molecule has 158 valence electrons. The average Bonchev–Trinajstić information content (AvgIpc) is 3.11. The Morgan fingerprint density at radius 1 is 1.23 bits per heavy atom. The minimum atomic E-state index is -0.636. The summed E-state index contributed by atoms with van der Waals surface area (Å²) in [6.45, 7) is 2.32. The number of rotatable bonds is 8. The molecule has 2 aromatic rings. The molecule has 1 heterocycles. The van der Waals surface area contributed by atoms with Crippen LogP contribution in [0.15, 0.2) is 54.4 Å². The molecule has 0 spiro atoms. The van der Waals surface area contributed by atoms with E-state index in [4.69, 9.17) is 4.74 Å². The van der Waals surface area contributed by atoms with Crippen LogP contribution in [-0.2, 0) is 16.1 Å². The third kappa shape index (κ3) is 5.42. The number of alkyl halides is 1. The summed E-state index contributed by atoms with van der Waals surface area (Å²) in [5, 5.41) is 5.59. The van der Waals surface area contributed by atoms with Crippen LogP contribution >= 0.6 is 0 Å². The molecule has 0 radical (unpaired) electrons. The first kappa shape index (κ1) is 21.4. The summed E-state index contributed by atoms with van der Waals surface area (Å²) in [6.07, 6.45) is 1.16. The number of hydrogen-bond acceptors (Lipinski definition) is 4. The standard InChI is InChI=1S/C22H23F2N3O3/c1-15(28)26-13-19-14-27(22(29)30-19)18-7-8-20(21(24)11-18)17-5-3-16(4-6-17)12-25-10-2-9-23/h3-8,11,13,25H,2,9-10,12,14H2,1H3,(H,26,28)/b19-13+. The van der Waals surface area contributed by atoms with Gasteiger partial charge in [0.15, 0.2) is 0 Å². The number of halogens is 2. The Morgan fingerprint density at radius 3 is 2.67 bits per heavy atom. The predicted octanol–water partition coefficient (Wildman–Crippen LogP) is 3.88. The minimum Gasteiger partial charge on any atom is -0.411 e. The zero-order valence-corrected chi connectivity index (χ0v) is 16.6. The third-order valence-corrected chi connectivity index (χ3v) is 4.53. The van der Waals surface area contributed by atoms with E-state index in [1.54, 1.807) is 12.1 Å². The molecule has 0 atom stereocenters. The lowest BCUT2D eigenvalue weighted by Gasteiger charge is -2.14. The van der Waals surface area contributed by atoms with Crippen molar-refractivity contribution in [3.05, 3.63) is 65.8 Å². The number of cyclic esters (lactones) is 1. The van der Waals surface area contributed by atoms with Gasteiger partial charge in [-0.2, -0.15) is 0 Å². The Labute approximate surface area is 173 Å². The van der Waals surface area contributed by atoms with E-state index in [-0.39, 0.29) is 24.9 Å². The summed E-state index contributed by atoms with van der Waals surface area (Å²) in [7, 11) is 0. The summed E-state index contributed by atoms with van der Waals surface area (Å²) >= 11 is 0. The summed E-state index contributed by atoms with van der Waals surface area (Å²) < 4.78 is 31.9. The van der Waals surface area contributed by atoms with Gasteiger partial charge >= 0.3 is 6.09 Å². The van der Waals surface area contributed by atoms with Gasteiger partial charge in [-0.25, -0.2) is 9.18 Å². The second-order valence-electron chi connectivity index (χ2n) is 6.85. The molecule has 1 aliphatic rings. The number of hydrogen-bond donors (Lipinski definition) is 2. The van der Waals surface area contributed by atoms with E-state index in [1.807, 2.05) is 24.3 Å². The van der Waals surface area contributed by atoms with Crippen LogP contribution in [0.4, 0.5) is 19.3 Å². The van der Waals surface area contributed by atoms with Gasteiger partial charge in [0.25, 0.3) is 0 Å². The van der Waals surface area contributed by atoms with Gasteiger partial charge in [-0.15, -0.1) is 0 Å². The zero-order valence-electron chi connectivity index (χ0n) is 16.6. The maximum absolute atomic E-state index is 14.8. The molecule has 0 saturated carbocycles. The highest BCUT2D eigenvalue weighted by atomic mass is 19.1. The lowest BCUT2D eigenvalue weighted by molar-refractivity contribution is -0.118. The number of anilines is 1. The van der Waals surface area contributed by atoms with Crippen LogP contribution in [0.2, 0.25) is 0 Å². The van der Waals surface area contributed by atoms with E-state index in [0.717, 1.165) is 5.56 Å². The fourth-order valence-corrected chi connectivity index (χ4v) is 3.01. The first-order valence-electron chi connectivity index (χ1n) is 9.59. The van der Waals surface area contributed by atoms with Crippen LogP contribution in [0.1, 0.15) is 18.9 Å². The third-order valence-electron chi connectivity index (χ3n) is 4.53. The van der Waals surface area contributed by atoms with E-state index < -0.39 is 11.9 Å². The highest BCUT2D eigenvalue weighted by Crippen LogP contribution is 2.29. The van der Waals surface area contributed by atoms with Crippen LogP contribution in [0.5, 0.6) is 0 Å². The molecular weight excluding hydrogens is 392 g/mol. The SMILES string of the molecule is CC(=O)N/C=C1\CN(c2ccc(-c3ccc(CNCCCF)cc3)c(F)c2)C(=O)O1. The Morgan fingerprint density at radius 2 is 2.00 bits per heavy atom. The van der Waals surface area contributed by atoms with Crippen LogP contribution in [0, 0.1) is 5.82 Å². The number of benzene rings is 2. The van der Waals surface area contributed by atoms with E-state index in [2.05, 4.69) is 10.6 Å². The zero-order chi connectivity index (χ0) is 21.5. The average molecular weight is 415 g/mol. The second kappa shape index (κ2) is 9.98. The number of carbonyl (C=O) groups is 2. The molecule has 6 nitrogen and oxygen atoms in total. The Bertz CT molecular complexity index is 945. The molecule has 0 aliphatic carbocycles. The van der Waals surface area contributed by atoms with Crippen molar-refractivity contribution in [3.63, 3.8) is 0 Å². The molecule has 1 fully saturated rings. The fourth-order valence-electron chi connectivity index (χ4n) is 3.01. The lowest BCUT2D eigenvalue weighted by atomic mass is 10.0. The molecule has 8 heteroatoms. The van der Waals surface area contributed by atoms with E-state index in [0.29, 0.717) is 36.3 Å². The number of amides is 2. The van der Waals surface area contributed by atoms with Crippen molar-refractivity contribution in [1.82, 2.24) is 10.6 Å². The Hall–Kier alpha value is -3.26. The summed E-state index contributed by atoms with van der Waals surface area (Å²) in [6, 6.07) is 12.0. The molecule has 3 rings (SSSR count). The van der Waals surface area contributed by atoms with Crippen LogP contribution in [0.25, 0.3) is 11.1 Å². The second-order valence-corrected chi connectivity index (χ2v) is 6.85. The number of nitrogens with zero attached hydrogens (tertiary/aromatic N) is 1. The molecule has 2 amide bonds. The van der Waals surface area contributed by atoms with Crippen molar-refractivity contribution in [1.29, 1.82) is 0 Å². The van der Waals surface area contributed by atoms with Crippen LogP contribution in [0.3, 0.4) is 0 Å². The van der Waals surface area contributed by atoms with Gasteiger partial charge in [-0.1, -0.05) is 24.3 Å². The Kier molecular flexibility index (Phi) is 7.13. The van der Waals surface area contributed by atoms with E-state index in [9.17, 15) is 18.4 Å². The quantitative estimate of drug-likeness (QED) is 0.642. The van der Waals surface area contributed by atoms with Crippen LogP contribution in [-0.4, -0.2) is 31.8 Å². The van der Waals surface area contributed by atoms with Crippen molar-refractivity contribution in [2.75, 3.05) is 24.7 Å². The normalized spacial score (nSPS) is 14.8. The molecule has 2 aromatic carbocycles. The van der Waals surface area contributed by atoms with Crippen molar-refractivity contribution >= 4 is 17.7 Å². The Balaban J connectivity index is 1.69. The van der Waals surface area contributed by atoms with Crippen LogP contribution < -0.4 is 15.5 Å². The number of ether oxygens (including phenoxy) is 1. The van der Waals surface area contributed by atoms with Crippen molar-refractivity contribution in [2.45, 2.75) is 19.9 Å². The largest absolute Gasteiger partial charge is 0.419 e. The number of carbonyl (C=O) groups excluding carboxylic acids is 2. The van der Waals surface area contributed by atoms with Gasteiger partial charge in [0.1, 0.15) is 11.6 Å². The molecule has 0 aromatic heterocycles. The highest BCUT2D eigenvalue weighted by molar-refractivity contribution is 5.91. The summed E-state index contributed by atoms with van der Waals surface area (Å²) in [4.78, 5) is 24.3. The highest BCUT2D eigenvalue weighted by Gasteiger charge is 2.29. The van der Waals surface area contributed by atoms with Gasteiger partial charge in [0, 0.05) is 25.2 Å². The maximum Gasteiger partial charge on any atom is 0.419 e. The van der Waals surface area contributed by atoms with Gasteiger partial charge in [-0.05, 0) is 42.3 Å². The fraction of sp³-hybridized carbons (Fsp3) is 0.273. The van der Waals surface area contributed by atoms with Crippen molar-refractivity contribution in [3.8, 4) is 11.1 Å². The van der Waals surface area contributed by atoms with Crippen molar-refractivity contribution in [2.24, 2.45) is 0 Å². The van der Waals surface area contributed by atoms with Crippen molar-refractivity contribution < 1.29 is 23.1 Å². The molecular formula is C22H23F2N3O3. The molecule has 2 N–H and O–H groups in total. The minimum absolute atomic E-state index is 0.0992. The monoisotopic (exact) mass is 415 g/mol. The molecule has 0 unspecified atom stereocenters. The summed E-state index contributed by atoms with van der Waals surface area (Å²) in [5.41, 5.74) is 2.51. The van der Waals surface area contributed by atoms with Gasteiger partial charge < -0.3 is 15.4 Å². The molecule has 0 bridgehead atoms. The smallest absolute Gasteiger partial charge is 0.411 e. The topological polar surface area (TPSA) is 70.7 Å². The first-order chi connectivity index (χ1) is 14.5. The van der Waals surface area contributed by atoms with Gasteiger partial charge in [-0.3, -0.25) is 14.1 Å². The molecule has 1 aliphatic heterocycles. The molecule has 30 heavy (non-hydrogen) atoms. The number of nitrogens with one attached hydrogen (secondary N) is 2. The first-order valence-corrected chi connectivity index (χ1v) is 9.59. The van der Waals surface area contributed by atoms with E-state index >= 15 is 0 Å². The van der Waals surface area contributed by atoms with E-state index in [1.165, 1.54) is 24.1 Å². The lowest BCUT2D eigenvalue weighted by Crippen LogP contribution is -2.23. The maximum atomic E-state index is 14.8. The molecule has 1 saturated heterocycles. The van der Waals surface area contributed by atoms with Gasteiger partial charge in [0.2, 0.25) is 5.91 Å². The van der Waals surface area contributed by atoms with Gasteiger partial charge in [0.05, 0.1) is 18.9 Å². The summed E-state index contributed by atoms with van der Waals surface area (Å²) in [5.74, 6) is -0.474.